The van der Waals surface area contributed by atoms with Gasteiger partial charge in [-0.25, -0.2) is 0 Å². The summed E-state index contributed by atoms with van der Waals surface area (Å²) in [6.07, 6.45) is 0.455. The standard InChI is InChI=1S/C14H18N2O4S/c1-10(17)11-6-7-15(8-11)14(18)9-21-13-4-2-12(3-5-13)16(19)20/h2-5,10-11,17H,6-9H2,1H3. The molecule has 1 N–H and O–H groups in total. The molecule has 21 heavy (non-hydrogen) atoms. The van der Waals surface area contributed by atoms with Gasteiger partial charge in [-0.1, -0.05) is 0 Å². The highest BCUT2D eigenvalue weighted by Gasteiger charge is 2.28. The Balaban J connectivity index is 1.83. The molecule has 2 atom stereocenters. The molecular formula is C14H18N2O4S. The molecule has 0 aromatic heterocycles. The van der Waals surface area contributed by atoms with Gasteiger partial charge in [0.15, 0.2) is 0 Å². The molecule has 0 spiro atoms. The van der Waals surface area contributed by atoms with E-state index in [9.17, 15) is 20.0 Å². The van der Waals surface area contributed by atoms with Gasteiger partial charge in [0.05, 0.1) is 16.8 Å². The van der Waals surface area contributed by atoms with Crippen molar-refractivity contribution >= 4 is 23.4 Å². The molecule has 7 heteroatoms. The number of hydrogen-bond acceptors (Lipinski definition) is 5. The molecular weight excluding hydrogens is 292 g/mol. The van der Waals surface area contributed by atoms with E-state index in [0.29, 0.717) is 18.8 Å². The van der Waals surface area contributed by atoms with Crippen molar-refractivity contribution in [3.63, 3.8) is 0 Å². The second-order valence-corrected chi connectivity index (χ2v) is 6.22. The van der Waals surface area contributed by atoms with Gasteiger partial charge in [-0.2, -0.15) is 0 Å². The Hall–Kier alpha value is -1.60. The minimum atomic E-state index is -0.444. The van der Waals surface area contributed by atoms with Crippen molar-refractivity contribution in [2.24, 2.45) is 5.92 Å². The van der Waals surface area contributed by atoms with Crippen LogP contribution in [0.1, 0.15) is 13.3 Å². The number of amides is 1. The van der Waals surface area contributed by atoms with Crippen LogP contribution in [-0.2, 0) is 4.79 Å². The summed E-state index contributed by atoms with van der Waals surface area (Å²) in [5, 5.41) is 20.1. The number of nitro benzene ring substituents is 1. The van der Waals surface area contributed by atoms with Gasteiger partial charge in [0.2, 0.25) is 5.91 Å². The van der Waals surface area contributed by atoms with Crippen LogP contribution in [0.5, 0.6) is 0 Å². The Morgan fingerprint density at radius 1 is 1.52 bits per heavy atom. The van der Waals surface area contributed by atoms with Crippen molar-refractivity contribution in [3.8, 4) is 0 Å². The molecule has 1 aromatic carbocycles. The fourth-order valence-corrected chi connectivity index (χ4v) is 3.11. The van der Waals surface area contributed by atoms with Crippen LogP contribution in [0.3, 0.4) is 0 Å². The zero-order valence-electron chi connectivity index (χ0n) is 11.8. The molecule has 0 bridgehead atoms. The van der Waals surface area contributed by atoms with E-state index in [4.69, 9.17) is 0 Å². The average Bonchev–Trinajstić information content (AvgIpc) is 2.95. The van der Waals surface area contributed by atoms with Crippen molar-refractivity contribution in [3.05, 3.63) is 34.4 Å². The minimum Gasteiger partial charge on any atom is -0.393 e. The molecule has 1 aromatic rings. The van der Waals surface area contributed by atoms with Crippen LogP contribution in [-0.4, -0.2) is 45.8 Å². The third-order valence-corrected chi connectivity index (χ3v) is 4.67. The molecule has 0 aliphatic carbocycles. The van der Waals surface area contributed by atoms with E-state index in [1.54, 1.807) is 24.0 Å². The van der Waals surface area contributed by atoms with Crippen LogP contribution >= 0.6 is 11.8 Å². The number of aliphatic hydroxyl groups excluding tert-OH is 1. The lowest BCUT2D eigenvalue weighted by Crippen LogP contribution is -2.31. The van der Waals surface area contributed by atoms with Gasteiger partial charge in [-0.15, -0.1) is 11.8 Å². The number of carbonyl (C=O) groups is 1. The third-order valence-electron chi connectivity index (χ3n) is 3.67. The summed E-state index contributed by atoms with van der Waals surface area (Å²) in [7, 11) is 0. The third kappa shape index (κ3) is 4.18. The zero-order valence-corrected chi connectivity index (χ0v) is 12.6. The lowest BCUT2D eigenvalue weighted by atomic mass is 10.0. The Morgan fingerprint density at radius 2 is 2.19 bits per heavy atom. The number of benzene rings is 1. The first-order chi connectivity index (χ1) is 9.97. The number of hydrogen-bond donors (Lipinski definition) is 1. The van der Waals surface area contributed by atoms with Gasteiger partial charge in [-0.05, 0) is 25.5 Å². The highest BCUT2D eigenvalue weighted by Crippen LogP contribution is 2.24. The molecule has 2 unspecified atom stereocenters. The van der Waals surface area contributed by atoms with E-state index in [0.717, 1.165) is 11.3 Å². The van der Waals surface area contributed by atoms with Gasteiger partial charge in [0.25, 0.3) is 5.69 Å². The topological polar surface area (TPSA) is 83.7 Å². The van der Waals surface area contributed by atoms with Crippen molar-refractivity contribution in [2.75, 3.05) is 18.8 Å². The van der Waals surface area contributed by atoms with Crippen molar-refractivity contribution in [2.45, 2.75) is 24.3 Å². The van der Waals surface area contributed by atoms with E-state index in [1.165, 1.54) is 23.9 Å². The molecule has 1 saturated heterocycles. The molecule has 1 heterocycles. The minimum absolute atomic E-state index is 0.0431. The summed E-state index contributed by atoms with van der Waals surface area (Å²) in [5.74, 6) is 0.518. The molecule has 0 saturated carbocycles. The molecule has 6 nitrogen and oxygen atoms in total. The van der Waals surface area contributed by atoms with Crippen molar-refractivity contribution < 1.29 is 14.8 Å². The molecule has 1 aliphatic heterocycles. The van der Waals surface area contributed by atoms with Crippen LogP contribution < -0.4 is 0 Å². The average molecular weight is 310 g/mol. The summed E-state index contributed by atoms with van der Waals surface area (Å²) in [5.41, 5.74) is 0.0463. The van der Waals surface area contributed by atoms with E-state index in [-0.39, 0.29) is 23.6 Å². The molecule has 1 amide bonds. The molecule has 1 fully saturated rings. The first kappa shape index (κ1) is 15.8. The smallest absolute Gasteiger partial charge is 0.269 e. The second kappa shape index (κ2) is 6.91. The molecule has 1 aliphatic rings. The monoisotopic (exact) mass is 310 g/mol. The molecule has 0 radical (unpaired) electrons. The maximum atomic E-state index is 12.1. The number of thioether (sulfide) groups is 1. The number of likely N-dealkylation sites (tertiary alicyclic amines) is 1. The van der Waals surface area contributed by atoms with Gasteiger partial charge in [-0.3, -0.25) is 14.9 Å². The lowest BCUT2D eigenvalue weighted by molar-refractivity contribution is -0.384. The Morgan fingerprint density at radius 3 is 2.71 bits per heavy atom. The number of aliphatic hydroxyl groups is 1. The van der Waals surface area contributed by atoms with E-state index < -0.39 is 4.92 Å². The fourth-order valence-electron chi connectivity index (χ4n) is 2.31. The van der Waals surface area contributed by atoms with Crippen LogP contribution in [0.25, 0.3) is 0 Å². The quantitative estimate of drug-likeness (QED) is 0.510. The number of carbonyl (C=O) groups excluding carboxylic acids is 1. The SMILES string of the molecule is CC(O)C1CCN(C(=O)CSc2ccc([N+](=O)[O-])cc2)C1. The maximum absolute atomic E-state index is 12.1. The largest absolute Gasteiger partial charge is 0.393 e. The van der Waals surface area contributed by atoms with Crippen LogP contribution in [0.2, 0.25) is 0 Å². The highest BCUT2D eigenvalue weighted by atomic mass is 32.2. The number of non-ortho nitro benzene ring substituents is 1. The zero-order chi connectivity index (χ0) is 15.4. The maximum Gasteiger partial charge on any atom is 0.269 e. The predicted molar refractivity (Wildman–Crippen MR) is 80.2 cm³/mol. The first-order valence-corrected chi connectivity index (χ1v) is 7.79. The number of nitrogens with zero attached hydrogens (tertiary/aromatic N) is 2. The van der Waals surface area contributed by atoms with E-state index >= 15 is 0 Å². The van der Waals surface area contributed by atoms with Crippen molar-refractivity contribution in [1.82, 2.24) is 4.90 Å². The Kier molecular flexibility index (Phi) is 5.19. The molecule has 2 rings (SSSR count). The van der Waals surface area contributed by atoms with E-state index in [2.05, 4.69) is 0 Å². The van der Waals surface area contributed by atoms with Gasteiger partial charge >= 0.3 is 0 Å². The summed E-state index contributed by atoms with van der Waals surface area (Å²) >= 11 is 1.37. The Bertz CT molecular complexity index is 518. The fraction of sp³-hybridized carbons (Fsp3) is 0.500. The van der Waals surface area contributed by atoms with Crippen LogP contribution in [0.4, 0.5) is 5.69 Å². The highest BCUT2D eigenvalue weighted by molar-refractivity contribution is 8.00. The van der Waals surface area contributed by atoms with E-state index in [1.807, 2.05) is 0 Å². The van der Waals surface area contributed by atoms with Crippen LogP contribution in [0.15, 0.2) is 29.2 Å². The number of nitro groups is 1. The second-order valence-electron chi connectivity index (χ2n) is 5.17. The summed E-state index contributed by atoms with van der Waals surface area (Å²) < 4.78 is 0. The predicted octanol–water partition coefficient (Wildman–Crippen LogP) is 1.92. The number of rotatable bonds is 5. The lowest BCUT2D eigenvalue weighted by Gasteiger charge is -2.17. The normalized spacial score (nSPS) is 19.5. The molecule has 114 valence electrons. The van der Waals surface area contributed by atoms with Crippen molar-refractivity contribution in [1.29, 1.82) is 0 Å². The van der Waals surface area contributed by atoms with Gasteiger partial charge in [0.1, 0.15) is 0 Å². The summed E-state index contributed by atoms with van der Waals surface area (Å²) in [6.45, 7) is 3.05. The summed E-state index contributed by atoms with van der Waals surface area (Å²) in [6, 6.07) is 6.18. The summed E-state index contributed by atoms with van der Waals surface area (Å²) in [4.78, 5) is 24.8. The van der Waals surface area contributed by atoms with Gasteiger partial charge in [0, 0.05) is 36.0 Å². The first-order valence-electron chi connectivity index (χ1n) is 6.80. The van der Waals surface area contributed by atoms with Crippen LogP contribution in [0, 0.1) is 16.0 Å². The Labute approximate surface area is 127 Å². The van der Waals surface area contributed by atoms with Gasteiger partial charge < -0.3 is 10.0 Å².